The first kappa shape index (κ1) is 21.0. The van der Waals surface area contributed by atoms with Gasteiger partial charge in [0.25, 0.3) is 0 Å². The van der Waals surface area contributed by atoms with Gasteiger partial charge >= 0.3 is 6.18 Å². The standard InChI is InChI=1S/C17H24F3N3O2/c1-10-6-11(2)15(12(3)7-10)22-14(24)8-23(5)13(4)16(25)21-9-17(18,19)20/h6-7,13H,8-9H2,1-5H3,(H,21,25)(H,22,24)/t13-/m1/s1. The Labute approximate surface area is 145 Å². The number of halogens is 3. The number of benzene rings is 1. The van der Waals surface area contributed by atoms with E-state index in [9.17, 15) is 22.8 Å². The summed E-state index contributed by atoms with van der Waals surface area (Å²) in [6.07, 6.45) is -4.47. The predicted molar refractivity (Wildman–Crippen MR) is 90.4 cm³/mol. The molecule has 0 saturated heterocycles. The van der Waals surface area contributed by atoms with Crippen LogP contribution < -0.4 is 10.6 Å². The lowest BCUT2D eigenvalue weighted by molar-refractivity contribution is -0.141. The van der Waals surface area contributed by atoms with Crippen LogP contribution in [0.5, 0.6) is 0 Å². The Balaban J connectivity index is 2.63. The minimum atomic E-state index is -4.47. The van der Waals surface area contributed by atoms with Crippen LogP contribution in [0.1, 0.15) is 23.6 Å². The van der Waals surface area contributed by atoms with Gasteiger partial charge in [-0.15, -0.1) is 0 Å². The summed E-state index contributed by atoms with van der Waals surface area (Å²) in [6.45, 7) is 5.66. The van der Waals surface area contributed by atoms with Gasteiger partial charge in [-0.05, 0) is 45.9 Å². The molecule has 5 nitrogen and oxygen atoms in total. The van der Waals surface area contributed by atoms with E-state index in [-0.39, 0.29) is 12.5 Å². The topological polar surface area (TPSA) is 61.4 Å². The largest absolute Gasteiger partial charge is 0.405 e. The van der Waals surface area contributed by atoms with Crippen LogP contribution in [-0.2, 0) is 9.59 Å². The summed E-state index contributed by atoms with van der Waals surface area (Å²) in [5.74, 6) is -1.12. The third-order valence-electron chi connectivity index (χ3n) is 3.84. The van der Waals surface area contributed by atoms with Crippen molar-refractivity contribution in [2.45, 2.75) is 39.9 Å². The van der Waals surface area contributed by atoms with Gasteiger partial charge in [0.05, 0.1) is 12.6 Å². The number of carbonyl (C=O) groups is 2. The molecule has 0 aliphatic heterocycles. The Kier molecular flexibility index (Phi) is 6.98. The highest BCUT2D eigenvalue weighted by molar-refractivity contribution is 5.94. The zero-order chi connectivity index (χ0) is 19.4. The fourth-order valence-electron chi connectivity index (χ4n) is 2.45. The molecule has 0 saturated carbocycles. The van der Waals surface area contributed by atoms with Gasteiger partial charge < -0.3 is 10.6 Å². The van der Waals surface area contributed by atoms with Crippen molar-refractivity contribution >= 4 is 17.5 Å². The number of nitrogens with one attached hydrogen (secondary N) is 2. The van der Waals surface area contributed by atoms with Crippen LogP contribution in [0.2, 0.25) is 0 Å². The van der Waals surface area contributed by atoms with Crippen molar-refractivity contribution in [3.05, 3.63) is 28.8 Å². The summed E-state index contributed by atoms with van der Waals surface area (Å²) < 4.78 is 36.4. The first-order valence-corrected chi connectivity index (χ1v) is 7.83. The van der Waals surface area contributed by atoms with Gasteiger partial charge in [0, 0.05) is 5.69 Å². The molecule has 140 valence electrons. The van der Waals surface area contributed by atoms with E-state index in [0.29, 0.717) is 5.69 Å². The Bertz CT molecular complexity index is 622. The minimum Gasteiger partial charge on any atom is -0.346 e. The van der Waals surface area contributed by atoms with Crippen molar-refractivity contribution in [2.75, 3.05) is 25.5 Å². The number of likely N-dealkylation sites (N-methyl/N-ethyl adjacent to an activating group) is 1. The number of amides is 2. The smallest absolute Gasteiger partial charge is 0.346 e. The predicted octanol–water partition coefficient (Wildman–Crippen LogP) is 2.55. The normalized spacial score (nSPS) is 12.8. The Morgan fingerprint density at radius 1 is 1.16 bits per heavy atom. The third-order valence-corrected chi connectivity index (χ3v) is 3.84. The van der Waals surface area contributed by atoms with E-state index in [4.69, 9.17) is 0 Å². The molecule has 1 aromatic rings. The van der Waals surface area contributed by atoms with Gasteiger partial charge in [-0.25, -0.2) is 0 Å². The fraction of sp³-hybridized carbons (Fsp3) is 0.529. The third kappa shape index (κ3) is 6.74. The second-order valence-corrected chi connectivity index (χ2v) is 6.25. The molecule has 0 aliphatic rings. The molecule has 0 heterocycles. The molecule has 1 atom stereocenters. The summed E-state index contributed by atoms with van der Waals surface area (Å²) in [5.41, 5.74) is 3.63. The molecule has 0 unspecified atom stereocenters. The second-order valence-electron chi connectivity index (χ2n) is 6.25. The van der Waals surface area contributed by atoms with Crippen LogP contribution >= 0.6 is 0 Å². The molecule has 1 aromatic carbocycles. The molecule has 0 bridgehead atoms. The van der Waals surface area contributed by atoms with Gasteiger partial charge in [0.1, 0.15) is 6.54 Å². The Morgan fingerprint density at radius 2 is 1.68 bits per heavy atom. The Hall–Kier alpha value is -2.09. The quantitative estimate of drug-likeness (QED) is 0.821. The first-order chi connectivity index (χ1) is 11.4. The Morgan fingerprint density at radius 3 is 2.16 bits per heavy atom. The van der Waals surface area contributed by atoms with E-state index in [1.165, 1.54) is 18.9 Å². The van der Waals surface area contributed by atoms with Gasteiger partial charge in [-0.1, -0.05) is 17.7 Å². The number of aryl methyl sites for hydroxylation is 3. The molecule has 0 spiro atoms. The summed E-state index contributed by atoms with van der Waals surface area (Å²) in [5, 5.41) is 4.61. The van der Waals surface area contributed by atoms with E-state index in [2.05, 4.69) is 5.32 Å². The monoisotopic (exact) mass is 359 g/mol. The van der Waals surface area contributed by atoms with Crippen molar-refractivity contribution in [2.24, 2.45) is 0 Å². The molecule has 2 amide bonds. The highest BCUT2D eigenvalue weighted by Crippen LogP contribution is 2.21. The number of alkyl halides is 3. The van der Waals surface area contributed by atoms with Crippen molar-refractivity contribution < 1.29 is 22.8 Å². The number of rotatable bonds is 6. The van der Waals surface area contributed by atoms with Crippen molar-refractivity contribution in [3.8, 4) is 0 Å². The molecule has 1 rings (SSSR count). The molecule has 0 fully saturated rings. The molecular formula is C17H24F3N3O2. The summed E-state index contributed by atoms with van der Waals surface area (Å²) >= 11 is 0. The minimum absolute atomic E-state index is 0.118. The molecule has 0 aliphatic carbocycles. The number of nitrogens with zero attached hydrogens (tertiary/aromatic N) is 1. The number of hydrogen-bond acceptors (Lipinski definition) is 3. The molecular weight excluding hydrogens is 335 g/mol. The maximum Gasteiger partial charge on any atom is 0.405 e. The van der Waals surface area contributed by atoms with Crippen LogP contribution in [0.3, 0.4) is 0 Å². The first-order valence-electron chi connectivity index (χ1n) is 7.83. The maximum atomic E-state index is 12.2. The average Bonchev–Trinajstić information content (AvgIpc) is 2.46. The van der Waals surface area contributed by atoms with E-state index in [1.807, 2.05) is 38.2 Å². The van der Waals surface area contributed by atoms with E-state index < -0.39 is 24.7 Å². The van der Waals surface area contributed by atoms with E-state index in [0.717, 1.165) is 16.7 Å². The van der Waals surface area contributed by atoms with Crippen molar-refractivity contribution in [1.29, 1.82) is 0 Å². The highest BCUT2D eigenvalue weighted by atomic mass is 19.4. The van der Waals surface area contributed by atoms with Gasteiger partial charge in [-0.3, -0.25) is 14.5 Å². The van der Waals surface area contributed by atoms with Gasteiger partial charge in [0.15, 0.2) is 0 Å². The molecule has 8 heteroatoms. The van der Waals surface area contributed by atoms with E-state index in [1.54, 1.807) is 0 Å². The summed E-state index contributed by atoms with van der Waals surface area (Å²) in [7, 11) is 1.51. The van der Waals surface area contributed by atoms with Crippen molar-refractivity contribution in [1.82, 2.24) is 10.2 Å². The molecule has 2 N–H and O–H groups in total. The van der Waals surface area contributed by atoms with Gasteiger partial charge in [-0.2, -0.15) is 13.2 Å². The number of anilines is 1. The summed E-state index contributed by atoms with van der Waals surface area (Å²) in [4.78, 5) is 25.3. The van der Waals surface area contributed by atoms with E-state index >= 15 is 0 Å². The lowest BCUT2D eigenvalue weighted by Crippen LogP contribution is -2.47. The molecule has 0 radical (unpaired) electrons. The van der Waals surface area contributed by atoms with Crippen LogP contribution in [0.4, 0.5) is 18.9 Å². The summed E-state index contributed by atoms with van der Waals surface area (Å²) in [6, 6.07) is 3.02. The van der Waals surface area contributed by atoms with Crippen LogP contribution in [-0.4, -0.2) is 49.1 Å². The van der Waals surface area contributed by atoms with Crippen molar-refractivity contribution in [3.63, 3.8) is 0 Å². The number of hydrogen-bond donors (Lipinski definition) is 2. The van der Waals surface area contributed by atoms with Gasteiger partial charge in [0.2, 0.25) is 11.8 Å². The second kappa shape index (κ2) is 8.33. The molecule has 25 heavy (non-hydrogen) atoms. The van der Waals surface area contributed by atoms with Crippen LogP contribution in [0, 0.1) is 20.8 Å². The average molecular weight is 359 g/mol. The lowest BCUT2D eigenvalue weighted by Gasteiger charge is -2.24. The zero-order valence-corrected chi connectivity index (χ0v) is 15.0. The lowest BCUT2D eigenvalue weighted by atomic mass is 10.1. The maximum absolute atomic E-state index is 12.2. The SMILES string of the molecule is Cc1cc(C)c(NC(=O)CN(C)[C@H](C)C(=O)NCC(F)(F)F)c(C)c1. The molecule has 0 aromatic heterocycles. The highest BCUT2D eigenvalue weighted by Gasteiger charge is 2.29. The zero-order valence-electron chi connectivity index (χ0n) is 15.0. The fourth-order valence-corrected chi connectivity index (χ4v) is 2.45. The number of carbonyl (C=O) groups excluding carboxylic acids is 2. The van der Waals surface area contributed by atoms with Crippen LogP contribution in [0.25, 0.3) is 0 Å². The van der Waals surface area contributed by atoms with Crippen LogP contribution in [0.15, 0.2) is 12.1 Å².